The number of hydrogen-bond donors (Lipinski definition) is 2. The average Bonchev–Trinajstić information content (AvgIpc) is 3.01. The highest BCUT2D eigenvalue weighted by atomic mass is 16.6. The third kappa shape index (κ3) is 2.92. The maximum absolute atomic E-state index is 5.70. The van der Waals surface area contributed by atoms with Crippen molar-refractivity contribution >= 4 is 11.9 Å². The summed E-state index contributed by atoms with van der Waals surface area (Å²) in [7, 11) is 0. The predicted molar refractivity (Wildman–Crippen MR) is 88.5 cm³/mol. The number of anilines is 2. The highest BCUT2D eigenvalue weighted by Crippen LogP contribution is 2.38. The number of nitrogens with two attached hydrogens (primary N) is 2. The summed E-state index contributed by atoms with van der Waals surface area (Å²) in [5, 5.41) is 0. The zero-order chi connectivity index (χ0) is 16.5. The predicted octanol–water partition coefficient (Wildman–Crippen LogP) is 1.14. The van der Waals surface area contributed by atoms with Gasteiger partial charge in [-0.15, -0.1) is 0 Å². The first-order valence-corrected chi connectivity index (χ1v) is 8.08. The van der Waals surface area contributed by atoms with E-state index in [1.165, 1.54) is 5.56 Å². The molecule has 0 spiro atoms. The average molecular weight is 328 g/mol. The van der Waals surface area contributed by atoms with Gasteiger partial charge in [-0.05, 0) is 37.1 Å². The molecule has 2 aromatic rings. The largest absolute Gasteiger partial charge is 0.486 e. The number of fused-ring (bicyclic) bond motifs is 1. The van der Waals surface area contributed by atoms with E-state index in [4.69, 9.17) is 20.9 Å². The number of aromatic nitrogens is 3. The van der Waals surface area contributed by atoms with Crippen LogP contribution in [0, 0.1) is 0 Å². The van der Waals surface area contributed by atoms with Gasteiger partial charge in [-0.3, -0.25) is 4.90 Å². The van der Waals surface area contributed by atoms with E-state index < -0.39 is 0 Å². The van der Waals surface area contributed by atoms with Gasteiger partial charge in [0.25, 0.3) is 0 Å². The molecule has 1 fully saturated rings. The van der Waals surface area contributed by atoms with E-state index in [0.717, 1.165) is 30.9 Å². The Morgan fingerprint density at radius 3 is 2.58 bits per heavy atom. The summed E-state index contributed by atoms with van der Waals surface area (Å²) in [5.41, 5.74) is 12.5. The Labute approximate surface area is 139 Å². The SMILES string of the molecule is Nc1nc(N)nc(CN2CCC[C@H]2c2ccc3c(c2)OCCO3)n1. The van der Waals surface area contributed by atoms with E-state index in [1.807, 2.05) is 6.07 Å². The zero-order valence-electron chi connectivity index (χ0n) is 13.3. The minimum absolute atomic E-state index is 0.160. The summed E-state index contributed by atoms with van der Waals surface area (Å²) >= 11 is 0. The molecular formula is C16H20N6O2. The maximum Gasteiger partial charge on any atom is 0.225 e. The second-order valence-electron chi connectivity index (χ2n) is 6.00. The van der Waals surface area contributed by atoms with Gasteiger partial charge in [0.2, 0.25) is 11.9 Å². The molecule has 1 atom stereocenters. The molecule has 2 aliphatic heterocycles. The van der Waals surface area contributed by atoms with Crippen LogP contribution in [0.3, 0.4) is 0 Å². The van der Waals surface area contributed by atoms with E-state index in [0.29, 0.717) is 31.6 Å². The molecule has 8 nitrogen and oxygen atoms in total. The highest BCUT2D eigenvalue weighted by Gasteiger charge is 2.28. The van der Waals surface area contributed by atoms with Crippen molar-refractivity contribution in [2.24, 2.45) is 0 Å². The molecule has 4 N–H and O–H groups in total. The van der Waals surface area contributed by atoms with Gasteiger partial charge in [0.05, 0.1) is 6.54 Å². The lowest BCUT2D eigenvalue weighted by Gasteiger charge is -2.26. The van der Waals surface area contributed by atoms with Gasteiger partial charge in [-0.2, -0.15) is 15.0 Å². The van der Waals surface area contributed by atoms with Crippen molar-refractivity contribution < 1.29 is 9.47 Å². The van der Waals surface area contributed by atoms with E-state index >= 15 is 0 Å². The van der Waals surface area contributed by atoms with Gasteiger partial charge in [-0.25, -0.2) is 0 Å². The number of nitrogen functional groups attached to an aromatic ring is 2. The van der Waals surface area contributed by atoms with Crippen molar-refractivity contribution in [3.63, 3.8) is 0 Å². The van der Waals surface area contributed by atoms with Crippen molar-refractivity contribution in [3.8, 4) is 11.5 Å². The first-order chi connectivity index (χ1) is 11.7. The lowest BCUT2D eigenvalue weighted by molar-refractivity contribution is 0.170. The normalized spacial score (nSPS) is 20.2. The van der Waals surface area contributed by atoms with E-state index in [-0.39, 0.29) is 11.9 Å². The molecular weight excluding hydrogens is 308 g/mol. The van der Waals surface area contributed by atoms with Crippen molar-refractivity contribution in [1.82, 2.24) is 19.9 Å². The Kier molecular flexibility index (Phi) is 3.81. The van der Waals surface area contributed by atoms with Gasteiger partial charge in [0, 0.05) is 6.04 Å². The standard InChI is InChI=1S/C16H20N6O2/c17-15-19-14(20-16(18)21-15)9-22-5-1-2-11(22)10-3-4-12-13(8-10)24-7-6-23-12/h3-4,8,11H,1-2,5-7,9H2,(H4,17,18,19,20,21)/t11-/m0/s1. The van der Waals surface area contributed by atoms with Crippen LogP contribution in [0.2, 0.25) is 0 Å². The lowest BCUT2D eigenvalue weighted by atomic mass is 10.0. The zero-order valence-corrected chi connectivity index (χ0v) is 13.3. The van der Waals surface area contributed by atoms with Gasteiger partial charge >= 0.3 is 0 Å². The fourth-order valence-electron chi connectivity index (χ4n) is 3.37. The van der Waals surface area contributed by atoms with E-state index in [1.54, 1.807) is 0 Å². The van der Waals surface area contributed by atoms with Gasteiger partial charge < -0.3 is 20.9 Å². The molecule has 4 rings (SSSR count). The number of ether oxygens (including phenoxy) is 2. The smallest absolute Gasteiger partial charge is 0.225 e. The van der Waals surface area contributed by atoms with Crippen LogP contribution in [0.15, 0.2) is 18.2 Å². The fourth-order valence-corrected chi connectivity index (χ4v) is 3.37. The van der Waals surface area contributed by atoms with Crippen molar-refractivity contribution in [3.05, 3.63) is 29.6 Å². The number of likely N-dealkylation sites (tertiary alicyclic amines) is 1. The topological polar surface area (TPSA) is 112 Å². The van der Waals surface area contributed by atoms with Crippen LogP contribution in [0.25, 0.3) is 0 Å². The van der Waals surface area contributed by atoms with Gasteiger partial charge in [0.1, 0.15) is 19.0 Å². The Balaban J connectivity index is 1.56. The minimum Gasteiger partial charge on any atom is -0.486 e. The molecule has 126 valence electrons. The van der Waals surface area contributed by atoms with Crippen LogP contribution in [0.4, 0.5) is 11.9 Å². The molecule has 0 aliphatic carbocycles. The number of benzene rings is 1. The summed E-state index contributed by atoms with van der Waals surface area (Å²) in [4.78, 5) is 14.5. The lowest BCUT2D eigenvalue weighted by Crippen LogP contribution is -2.25. The maximum atomic E-state index is 5.70. The van der Waals surface area contributed by atoms with Crippen molar-refractivity contribution in [1.29, 1.82) is 0 Å². The van der Waals surface area contributed by atoms with Crippen LogP contribution in [-0.4, -0.2) is 39.6 Å². The summed E-state index contributed by atoms with van der Waals surface area (Å²) in [6, 6.07) is 6.46. The van der Waals surface area contributed by atoms with Crippen LogP contribution in [0.1, 0.15) is 30.3 Å². The minimum atomic E-state index is 0.160. The van der Waals surface area contributed by atoms with Crippen LogP contribution >= 0.6 is 0 Å². The van der Waals surface area contributed by atoms with Crippen molar-refractivity contribution in [2.75, 3.05) is 31.2 Å². The number of nitrogens with zero attached hydrogens (tertiary/aromatic N) is 4. The fraction of sp³-hybridized carbons (Fsp3) is 0.438. The van der Waals surface area contributed by atoms with Crippen LogP contribution in [0.5, 0.6) is 11.5 Å². The summed E-state index contributed by atoms with van der Waals surface area (Å²) in [6.45, 7) is 2.76. The van der Waals surface area contributed by atoms with Crippen LogP contribution < -0.4 is 20.9 Å². The molecule has 1 aromatic heterocycles. The molecule has 0 bridgehead atoms. The molecule has 0 saturated carbocycles. The molecule has 3 heterocycles. The molecule has 8 heteroatoms. The first kappa shape index (κ1) is 14.9. The molecule has 0 unspecified atom stereocenters. The summed E-state index contributed by atoms with van der Waals surface area (Å²) in [5.74, 6) is 2.55. The Hall–Kier alpha value is -2.61. The third-order valence-corrected chi connectivity index (χ3v) is 4.38. The Morgan fingerprint density at radius 1 is 1.04 bits per heavy atom. The summed E-state index contributed by atoms with van der Waals surface area (Å²) < 4.78 is 11.3. The van der Waals surface area contributed by atoms with Crippen LogP contribution in [-0.2, 0) is 6.54 Å². The monoisotopic (exact) mass is 328 g/mol. The van der Waals surface area contributed by atoms with Gasteiger partial charge in [-0.1, -0.05) is 6.07 Å². The van der Waals surface area contributed by atoms with E-state index in [2.05, 4.69) is 32.0 Å². The molecule has 1 saturated heterocycles. The quantitative estimate of drug-likeness (QED) is 0.862. The second kappa shape index (κ2) is 6.12. The Morgan fingerprint density at radius 2 is 1.79 bits per heavy atom. The van der Waals surface area contributed by atoms with Gasteiger partial charge in [0.15, 0.2) is 11.5 Å². The molecule has 0 amide bonds. The highest BCUT2D eigenvalue weighted by molar-refractivity contribution is 5.44. The first-order valence-electron chi connectivity index (χ1n) is 8.08. The summed E-state index contributed by atoms with van der Waals surface area (Å²) in [6.07, 6.45) is 2.20. The van der Waals surface area contributed by atoms with Crippen molar-refractivity contribution in [2.45, 2.75) is 25.4 Å². The number of hydrogen-bond acceptors (Lipinski definition) is 8. The number of rotatable bonds is 3. The molecule has 1 aromatic carbocycles. The Bertz CT molecular complexity index is 733. The third-order valence-electron chi connectivity index (χ3n) is 4.38. The molecule has 0 radical (unpaired) electrons. The molecule has 2 aliphatic rings. The van der Waals surface area contributed by atoms with E-state index in [9.17, 15) is 0 Å². The second-order valence-corrected chi connectivity index (χ2v) is 6.00. The molecule has 24 heavy (non-hydrogen) atoms.